The molecule has 0 saturated carbocycles. The van der Waals surface area contributed by atoms with E-state index in [9.17, 15) is 19.3 Å². The van der Waals surface area contributed by atoms with Gasteiger partial charge in [-0.1, -0.05) is 17.3 Å². The Labute approximate surface area is 152 Å². The van der Waals surface area contributed by atoms with Crippen LogP contribution in [0.4, 0.5) is 10.2 Å². The molecule has 1 aromatic carbocycles. The summed E-state index contributed by atoms with van der Waals surface area (Å²) in [6.07, 6.45) is 0.517. The number of aromatic nitrogens is 4. The van der Waals surface area contributed by atoms with Crippen molar-refractivity contribution in [3.8, 4) is 0 Å². The van der Waals surface area contributed by atoms with E-state index >= 15 is 0 Å². The quantitative estimate of drug-likeness (QED) is 0.491. The maximum Gasteiger partial charge on any atom is 0.390 e. The lowest BCUT2D eigenvalue weighted by Gasteiger charge is -2.02. The van der Waals surface area contributed by atoms with Gasteiger partial charge in [0.1, 0.15) is 12.4 Å². The molecule has 0 fully saturated rings. The predicted molar refractivity (Wildman–Crippen MR) is 89.5 cm³/mol. The third kappa shape index (κ3) is 4.51. The van der Waals surface area contributed by atoms with Gasteiger partial charge in [0.2, 0.25) is 0 Å². The first kappa shape index (κ1) is 18.2. The summed E-state index contributed by atoms with van der Waals surface area (Å²) in [4.78, 5) is 26.1. The Morgan fingerprint density at radius 3 is 2.78 bits per heavy atom. The summed E-state index contributed by atoms with van der Waals surface area (Å²) in [7, 11) is 0. The van der Waals surface area contributed by atoms with Gasteiger partial charge in [0.15, 0.2) is 5.82 Å². The van der Waals surface area contributed by atoms with Gasteiger partial charge in [-0.25, -0.2) is 4.39 Å². The number of halogens is 1. The molecule has 0 aliphatic carbocycles. The van der Waals surface area contributed by atoms with Crippen LogP contribution in [0.1, 0.15) is 27.8 Å². The number of hydrogen-bond acceptors (Lipinski definition) is 7. The van der Waals surface area contributed by atoms with E-state index in [4.69, 9.17) is 4.52 Å². The molecule has 3 aromatic rings. The summed E-state index contributed by atoms with van der Waals surface area (Å²) in [5, 5.41) is 20.9. The zero-order valence-electron chi connectivity index (χ0n) is 14.3. The second kappa shape index (κ2) is 7.72. The first-order valence-corrected chi connectivity index (χ1v) is 7.96. The minimum absolute atomic E-state index is 0.0338. The zero-order chi connectivity index (χ0) is 19.4. The number of carbonyl (C=O) groups excluding carboxylic acids is 1. The van der Waals surface area contributed by atoms with E-state index in [-0.39, 0.29) is 29.9 Å². The lowest BCUT2D eigenvalue weighted by molar-refractivity contribution is -0.389. The first-order valence-electron chi connectivity index (χ1n) is 7.96. The van der Waals surface area contributed by atoms with Crippen LogP contribution in [0.3, 0.4) is 0 Å². The van der Waals surface area contributed by atoms with Gasteiger partial charge in [-0.15, -0.1) is 0 Å². The van der Waals surface area contributed by atoms with Crippen LogP contribution in [0.5, 0.6) is 0 Å². The monoisotopic (exact) mass is 374 g/mol. The lowest BCUT2D eigenvalue weighted by atomic mass is 10.1. The largest absolute Gasteiger partial charge is 0.390 e. The number of nitrogens with one attached hydrogen (secondary N) is 1. The molecule has 0 aliphatic heterocycles. The Bertz CT molecular complexity index is 966. The van der Waals surface area contributed by atoms with Crippen molar-refractivity contribution in [2.45, 2.75) is 19.9 Å². The van der Waals surface area contributed by atoms with E-state index < -0.39 is 10.8 Å². The van der Waals surface area contributed by atoms with E-state index in [1.54, 1.807) is 19.1 Å². The second-order valence-corrected chi connectivity index (χ2v) is 5.71. The maximum absolute atomic E-state index is 12.8. The molecule has 2 heterocycles. The number of rotatable bonds is 7. The molecular formula is C16H15FN6O4. The van der Waals surface area contributed by atoms with Gasteiger partial charge < -0.3 is 20.0 Å². The number of aryl methyl sites for hydroxylation is 1. The summed E-state index contributed by atoms with van der Waals surface area (Å²) in [5.74, 6) is -1.20. The second-order valence-electron chi connectivity index (χ2n) is 5.71. The average molecular weight is 374 g/mol. The van der Waals surface area contributed by atoms with Crippen LogP contribution in [0.2, 0.25) is 0 Å². The third-order valence-electron chi connectivity index (χ3n) is 3.72. The molecule has 0 spiro atoms. The van der Waals surface area contributed by atoms with Gasteiger partial charge in [0, 0.05) is 6.54 Å². The van der Waals surface area contributed by atoms with E-state index in [2.05, 4.69) is 20.6 Å². The highest BCUT2D eigenvalue weighted by Crippen LogP contribution is 2.12. The van der Waals surface area contributed by atoms with Crippen molar-refractivity contribution in [3.05, 3.63) is 69.2 Å². The van der Waals surface area contributed by atoms with E-state index in [1.165, 1.54) is 22.9 Å². The van der Waals surface area contributed by atoms with E-state index in [1.807, 2.05) is 0 Å². The molecule has 1 N–H and O–H groups in total. The highest BCUT2D eigenvalue weighted by molar-refractivity contribution is 5.89. The Hall–Kier alpha value is -3.63. The van der Waals surface area contributed by atoms with Gasteiger partial charge in [-0.2, -0.15) is 9.67 Å². The van der Waals surface area contributed by atoms with Crippen LogP contribution >= 0.6 is 0 Å². The Morgan fingerprint density at radius 1 is 1.37 bits per heavy atom. The molecule has 0 bridgehead atoms. The van der Waals surface area contributed by atoms with Crippen molar-refractivity contribution in [3.63, 3.8) is 0 Å². The fourth-order valence-corrected chi connectivity index (χ4v) is 2.33. The van der Waals surface area contributed by atoms with Gasteiger partial charge in [0.05, 0.1) is 16.9 Å². The van der Waals surface area contributed by atoms with Crippen molar-refractivity contribution in [1.29, 1.82) is 0 Å². The first-order chi connectivity index (χ1) is 12.9. The van der Waals surface area contributed by atoms with E-state index in [0.717, 1.165) is 5.56 Å². The third-order valence-corrected chi connectivity index (χ3v) is 3.72. The molecular weight excluding hydrogens is 359 g/mol. The molecule has 27 heavy (non-hydrogen) atoms. The average Bonchev–Trinajstić information content (AvgIpc) is 3.24. The molecule has 2 aromatic heterocycles. The maximum atomic E-state index is 12.8. The molecule has 3 rings (SSSR count). The molecule has 140 valence electrons. The molecule has 0 aliphatic rings. The van der Waals surface area contributed by atoms with E-state index in [0.29, 0.717) is 18.7 Å². The molecule has 11 heteroatoms. The normalized spacial score (nSPS) is 10.7. The minimum Gasteiger partial charge on any atom is -0.358 e. The van der Waals surface area contributed by atoms with Gasteiger partial charge in [0.25, 0.3) is 0 Å². The number of benzene rings is 1. The smallest absolute Gasteiger partial charge is 0.358 e. The summed E-state index contributed by atoms with van der Waals surface area (Å²) in [6, 6.07) is 7.30. The fourth-order valence-electron chi connectivity index (χ4n) is 2.33. The van der Waals surface area contributed by atoms with Crippen molar-refractivity contribution in [1.82, 2.24) is 25.2 Å². The van der Waals surface area contributed by atoms with Gasteiger partial charge in [-0.3, -0.25) is 4.79 Å². The van der Waals surface area contributed by atoms with Gasteiger partial charge in [-0.05, 0) is 36.0 Å². The van der Waals surface area contributed by atoms with Crippen LogP contribution in [-0.4, -0.2) is 37.3 Å². The summed E-state index contributed by atoms with van der Waals surface area (Å²) in [5.41, 5.74) is 1.43. The SMILES string of the molecule is Cc1cc([N+](=O)[O-])nn1Cc1noc(C(=O)NCCc2ccc(F)cc2)n1. The summed E-state index contributed by atoms with van der Waals surface area (Å²) >= 11 is 0. The molecule has 0 atom stereocenters. The summed E-state index contributed by atoms with van der Waals surface area (Å²) < 4.78 is 19.1. The molecule has 1 amide bonds. The predicted octanol–water partition coefficient (Wildman–Crippen LogP) is 1.64. The Morgan fingerprint density at radius 2 is 2.11 bits per heavy atom. The number of carbonyl (C=O) groups is 1. The lowest BCUT2D eigenvalue weighted by Crippen LogP contribution is -2.26. The number of amides is 1. The van der Waals surface area contributed by atoms with Crippen LogP contribution in [0, 0.1) is 22.9 Å². The van der Waals surface area contributed by atoms with Crippen LogP contribution in [0.25, 0.3) is 0 Å². The minimum atomic E-state index is -0.597. The van der Waals surface area contributed by atoms with Crippen molar-refractivity contribution in [2.75, 3.05) is 6.54 Å². The number of nitrogens with zero attached hydrogens (tertiary/aromatic N) is 5. The highest BCUT2D eigenvalue weighted by Gasteiger charge is 2.19. The summed E-state index contributed by atoms with van der Waals surface area (Å²) in [6.45, 7) is 2.00. The standard InChI is InChI=1S/C16H15FN6O4/c1-10-8-14(23(25)26)20-22(10)9-13-19-16(27-21-13)15(24)18-7-6-11-2-4-12(17)5-3-11/h2-5,8H,6-7,9H2,1H3,(H,18,24). The van der Waals surface area contributed by atoms with Crippen LogP contribution < -0.4 is 5.32 Å². The Balaban J connectivity index is 1.55. The van der Waals surface area contributed by atoms with Gasteiger partial charge >= 0.3 is 17.6 Å². The fraction of sp³-hybridized carbons (Fsp3) is 0.250. The zero-order valence-corrected chi connectivity index (χ0v) is 14.3. The number of nitro groups is 1. The molecule has 10 nitrogen and oxygen atoms in total. The van der Waals surface area contributed by atoms with Crippen molar-refractivity contribution >= 4 is 11.7 Å². The van der Waals surface area contributed by atoms with Crippen molar-refractivity contribution in [2.24, 2.45) is 0 Å². The Kier molecular flexibility index (Phi) is 5.20. The molecule has 0 radical (unpaired) electrons. The number of hydrogen-bond donors (Lipinski definition) is 1. The highest BCUT2D eigenvalue weighted by atomic mass is 19.1. The topological polar surface area (TPSA) is 129 Å². The molecule has 0 unspecified atom stereocenters. The van der Waals surface area contributed by atoms with Crippen molar-refractivity contribution < 1.29 is 18.6 Å². The van der Waals surface area contributed by atoms with Crippen LogP contribution in [0.15, 0.2) is 34.9 Å². The molecule has 0 saturated heterocycles. The van der Waals surface area contributed by atoms with Crippen LogP contribution in [-0.2, 0) is 13.0 Å².